The smallest absolute Gasteiger partial charge is 0.387 e. The maximum atomic E-state index is 12.9. The molecule has 0 fully saturated rings. The van der Waals surface area contributed by atoms with E-state index in [1.807, 2.05) is 0 Å². The lowest BCUT2D eigenvalue weighted by atomic mass is 10.2. The minimum Gasteiger partial charge on any atom is -0.433 e. The van der Waals surface area contributed by atoms with Crippen LogP contribution in [-0.2, 0) is 4.79 Å². The maximum Gasteiger partial charge on any atom is 0.387 e. The van der Waals surface area contributed by atoms with E-state index in [0.717, 1.165) is 12.1 Å². The van der Waals surface area contributed by atoms with Crippen LogP contribution in [0.1, 0.15) is 18.9 Å². The monoisotopic (exact) mass is 271 g/mol. The number of benzene rings is 1. The number of ether oxygens (including phenoxy) is 1. The van der Waals surface area contributed by atoms with E-state index in [2.05, 4.69) is 21.9 Å². The molecule has 0 heterocycles. The molecule has 1 aromatic carbocycles. The lowest BCUT2D eigenvalue weighted by molar-refractivity contribution is -0.118. The van der Waals surface area contributed by atoms with Gasteiger partial charge in [-0.05, 0) is 12.1 Å². The molecular formula is C13H12F3NO2. The molecule has 0 spiro atoms. The molecule has 0 aliphatic rings. The van der Waals surface area contributed by atoms with E-state index in [1.165, 1.54) is 13.0 Å². The quantitative estimate of drug-likeness (QED) is 0.674. The van der Waals surface area contributed by atoms with Gasteiger partial charge in [-0.1, -0.05) is 11.8 Å². The summed E-state index contributed by atoms with van der Waals surface area (Å²) in [6.45, 7) is -1.31. The van der Waals surface area contributed by atoms with Gasteiger partial charge in [0.15, 0.2) is 0 Å². The SMILES string of the molecule is CC(=O)NCCC#Cc1ccc(F)cc1OC(F)F. The van der Waals surface area contributed by atoms with Crippen LogP contribution in [-0.4, -0.2) is 19.1 Å². The number of carbonyl (C=O) groups excluding carboxylic acids is 1. The first kappa shape index (κ1) is 14.9. The molecular weight excluding hydrogens is 259 g/mol. The van der Waals surface area contributed by atoms with Crippen molar-refractivity contribution in [3.63, 3.8) is 0 Å². The molecule has 1 rings (SSSR count). The molecule has 0 atom stereocenters. The summed E-state index contributed by atoms with van der Waals surface area (Å²) in [5, 5.41) is 2.54. The second kappa shape index (κ2) is 7.31. The zero-order valence-electron chi connectivity index (χ0n) is 10.2. The molecule has 0 unspecified atom stereocenters. The molecule has 1 N–H and O–H groups in total. The summed E-state index contributed by atoms with van der Waals surface area (Å²) < 4.78 is 41.3. The predicted octanol–water partition coefficient (Wildman–Crippen LogP) is 2.30. The molecule has 0 saturated carbocycles. The van der Waals surface area contributed by atoms with Crippen LogP contribution in [0.5, 0.6) is 5.75 Å². The molecule has 0 aliphatic heterocycles. The number of hydrogen-bond donors (Lipinski definition) is 1. The summed E-state index contributed by atoms with van der Waals surface area (Å²) in [5.74, 6) is 4.11. The van der Waals surface area contributed by atoms with E-state index < -0.39 is 12.4 Å². The van der Waals surface area contributed by atoms with E-state index in [9.17, 15) is 18.0 Å². The fraction of sp³-hybridized carbons (Fsp3) is 0.308. The summed E-state index contributed by atoms with van der Waals surface area (Å²) >= 11 is 0. The van der Waals surface area contributed by atoms with Gasteiger partial charge in [0.1, 0.15) is 11.6 Å². The molecule has 6 heteroatoms. The Morgan fingerprint density at radius 1 is 1.47 bits per heavy atom. The van der Waals surface area contributed by atoms with Crippen LogP contribution in [0.25, 0.3) is 0 Å². The van der Waals surface area contributed by atoms with Crippen LogP contribution in [0.15, 0.2) is 18.2 Å². The van der Waals surface area contributed by atoms with Crippen LogP contribution in [0.2, 0.25) is 0 Å². The van der Waals surface area contributed by atoms with Crippen molar-refractivity contribution in [1.82, 2.24) is 5.32 Å². The fourth-order valence-electron chi connectivity index (χ4n) is 1.25. The molecule has 3 nitrogen and oxygen atoms in total. The Bertz CT molecular complexity index is 506. The topological polar surface area (TPSA) is 38.3 Å². The molecule has 0 aliphatic carbocycles. The van der Waals surface area contributed by atoms with E-state index in [-0.39, 0.29) is 17.2 Å². The average molecular weight is 271 g/mol. The Labute approximate surface area is 108 Å². The third-order valence-corrected chi connectivity index (χ3v) is 2.01. The van der Waals surface area contributed by atoms with Crippen molar-refractivity contribution in [2.24, 2.45) is 0 Å². The maximum absolute atomic E-state index is 12.9. The van der Waals surface area contributed by atoms with Crippen molar-refractivity contribution in [3.05, 3.63) is 29.6 Å². The number of nitrogens with one attached hydrogen (secondary N) is 1. The lowest BCUT2D eigenvalue weighted by Gasteiger charge is -2.06. The van der Waals surface area contributed by atoms with Gasteiger partial charge in [-0.3, -0.25) is 4.79 Å². The number of hydrogen-bond acceptors (Lipinski definition) is 2. The normalized spacial score (nSPS) is 9.74. The second-order valence-electron chi connectivity index (χ2n) is 3.55. The number of carbonyl (C=O) groups is 1. The van der Waals surface area contributed by atoms with Gasteiger partial charge in [-0.15, -0.1) is 0 Å². The Hall–Kier alpha value is -2.16. The Kier molecular flexibility index (Phi) is 5.73. The standard InChI is InChI=1S/C13H12F3NO2/c1-9(18)17-7-3-2-4-10-5-6-11(14)8-12(10)19-13(15)16/h5-6,8,13H,3,7H2,1H3,(H,17,18). The first-order valence-corrected chi connectivity index (χ1v) is 5.46. The van der Waals surface area contributed by atoms with Crippen molar-refractivity contribution in [3.8, 4) is 17.6 Å². The molecule has 0 aromatic heterocycles. The third-order valence-electron chi connectivity index (χ3n) is 2.01. The Balaban J connectivity index is 2.71. The van der Waals surface area contributed by atoms with E-state index >= 15 is 0 Å². The Morgan fingerprint density at radius 3 is 2.84 bits per heavy atom. The Morgan fingerprint density at radius 2 is 2.21 bits per heavy atom. The molecule has 0 saturated heterocycles. The highest BCUT2D eigenvalue weighted by Gasteiger charge is 2.09. The minimum atomic E-state index is -3.04. The second-order valence-corrected chi connectivity index (χ2v) is 3.55. The number of alkyl halides is 2. The summed E-state index contributed by atoms with van der Waals surface area (Å²) in [4.78, 5) is 10.6. The highest BCUT2D eigenvalue weighted by Crippen LogP contribution is 2.21. The van der Waals surface area contributed by atoms with E-state index in [1.54, 1.807) is 0 Å². The van der Waals surface area contributed by atoms with Gasteiger partial charge in [-0.25, -0.2) is 4.39 Å². The molecule has 1 amide bonds. The van der Waals surface area contributed by atoms with Crippen molar-refractivity contribution in [1.29, 1.82) is 0 Å². The van der Waals surface area contributed by atoms with E-state index in [4.69, 9.17) is 0 Å². The lowest BCUT2D eigenvalue weighted by Crippen LogP contribution is -2.20. The summed E-state index contributed by atoms with van der Waals surface area (Å²) in [7, 11) is 0. The molecule has 1 aromatic rings. The highest BCUT2D eigenvalue weighted by molar-refractivity contribution is 5.72. The first-order chi connectivity index (χ1) is 8.99. The van der Waals surface area contributed by atoms with Gasteiger partial charge in [0, 0.05) is 26.0 Å². The molecule has 0 radical (unpaired) electrons. The van der Waals surface area contributed by atoms with Crippen molar-refractivity contribution < 1.29 is 22.7 Å². The van der Waals surface area contributed by atoms with Gasteiger partial charge in [-0.2, -0.15) is 8.78 Å². The van der Waals surface area contributed by atoms with Crippen molar-refractivity contribution in [2.45, 2.75) is 20.0 Å². The number of halogens is 3. The zero-order valence-corrected chi connectivity index (χ0v) is 10.2. The van der Waals surface area contributed by atoms with Gasteiger partial charge in [0.25, 0.3) is 0 Å². The van der Waals surface area contributed by atoms with Gasteiger partial charge in [0.2, 0.25) is 5.91 Å². The average Bonchev–Trinajstić information content (AvgIpc) is 2.30. The molecule has 19 heavy (non-hydrogen) atoms. The van der Waals surface area contributed by atoms with Gasteiger partial charge in [0.05, 0.1) is 5.56 Å². The summed E-state index contributed by atoms with van der Waals surface area (Å²) in [6.07, 6.45) is 0.352. The van der Waals surface area contributed by atoms with E-state index in [0.29, 0.717) is 13.0 Å². The van der Waals surface area contributed by atoms with Gasteiger partial charge < -0.3 is 10.1 Å². The number of amides is 1. The van der Waals surface area contributed by atoms with Crippen LogP contribution in [0.3, 0.4) is 0 Å². The third kappa shape index (κ3) is 5.82. The highest BCUT2D eigenvalue weighted by atomic mass is 19.3. The predicted molar refractivity (Wildman–Crippen MR) is 63.2 cm³/mol. The van der Waals surface area contributed by atoms with Crippen LogP contribution in [0.4, 0.5) is 13.2 Å². The van der Waals surface area contributed by atoms with Crippen LogP contribution < -0.4 is 10.1 Å². The minimum absolute atomic E-state index is 0.171. The number of rotatable bonds is 4. The van der Waals surface area contributed by atoms with Crippen LogP contribution >= 0.6 is 0 Å². The fourth-order valence-corrected chi connectivity index (χ4v) is 1.25. The summed E-state index contributed by atoms with van der Waals surface area (Å²) in [6, 6.07) is 3.22. The van der Waals surface area contributed by atoms with Crippen molar-refractivity contribution in [2.75, 3.05) is 6.54 Å². The first-order valence-electron chi connectivity index (χ1n) is 5.46. The molecule has 0 bridgehead atoms. The molecule has 102 valence electrons. The zero-order chi connectivity index (χ0) is 14.3. The summed E-state index contributed by atoms with van der Waals surface area (Å²) in [5.41, 5.74) is 0.171. The van der Waals surface area contributed by atoms with Gasteiger partial charge >= 0.3 is 6.61 Å². The van der Waals surface area contributed by atoms with Crippen molar-refractivity contribution >= 4 is 5.91 Å². The largest absolute Gasteiger partial charge is 0.433 e. The van der Waals surface area contributed by atoms with Crippen LogP contribution in [0, 0.1) is 17.7 Å².